The number of benzene rings is 1. The lowest BCUT2D eigenvalue weighted by Gasteiger charge is -2.18. The van der Waals surface area contributed by atoms with Crippen LogP contribution in [0.25, 0.3) is 39.1 Å². The highest BCUT2D eigenvalue weighted by Crippen LogP contribution is 2.50. The SMILES string of the molecule is Cn1cc(-c2ccc3[nH]nc(C4=C5NC5c5c(cccc5-c5ccoc5)N4)c3n2)c(CO)n1. The molecule has 2 aliphatic rings. The van der Waals surface area contributed by atoms with Gasteiger partial charge in [0.15, 0.2) is 0 Å². The number of hydrogen-bond acceptors (Lipinski definition) is 7. The van der Waals surface area contributed by atoms with E-state index in [9.17, 15) is 5.11 Å². The van der Waals surface area contributed by atoms with Gasteiger partial charge in [0.2, 0.25) is 0 Å². The maximum atomic E-state index is 9.70. The molecule has 4 aromatic heterocycles. The molecule has 1 atom stereocenters. The largest absolute Gasteiger partial charge is 0.472 e. The Hall–Kier alpha value is -4.37. The van der Waals surface area contributed by atoms with E-state index in [-0.39, 0.29) is 12.6 Å². The molecule has 6 heterocycles. The molecule has 9 nitrogen and oxygen atoms in total. The van der Waals surface area contributed by atoms with Crippen molar-refractivity contribution in [2.75, 3.05) is 5.32 Å². The van der Waals surface area contributed by atoms with Crippen molar-refractivity contribution in [1.29, 1.82) is 0 Å². The number of furan rings is 1. The fraction of sp³-hybridized carbons (Fsp3) is 0.125. The Morgan fingerprint density at radius 2 is 2.09 bits per heavy atom. The summed E-state index contributed by atoms with van der Waals surface area (Å²) in [6.07, 6.45) is 5.33. The number of hydrogen-bond donors (Lipinski definition) is 4. The van der Waals surface area contributed by atoms with Crippen LogP contribution in [0.4, 0.5) is 5.69 Å². The van der Waals surface area contributed by atoms with E-state index in [1.165, 1.54) is 5.56 Å². The minimum atomic E-state index is -0.146. The molecule has 0 amide bonds. The lowest BCUT2D eigenvalue weighted by Crippen LogP contribution is -2.08. The Morgan fingerprint density at radius 1 is 1.15 bits per heavy atom. The van der Waals surface area contributed by atoms with E-state index >= 15 is 0 Å². The number of nitrogens with one attached hydrogen (secondary N) is 3. The lowest BCUT2D eigenvalue weighted by molar-refractivity contribution is 0.276. The van der Waals surface area contributed by atoms with E-state index in [1.807, 2.05) is 37.5 Å². The number of aromatic amines is 1. The molecular weight excluding hydrogens is 418 g/mol. The van der Waals surface area contributed by atoms with E-state index < -0.39 is 0 Å². The van der Waals surface area contributed by atoms with Gasteiger partial charge in [0.1, 0.15) is 11.2 Å². The summed E-state index contributed by atoms with van der Waals surface area (Å²) >= 11 is 0. The zero-order valence-electron chi connectivity index (χ0n) is 17.6. The highest BCUT2D eigenvalue weighted by atomic mass is 16.3. The molecule has 9 heteroatoms. The molecule has 0 bridgehead atoms. The Morgan fingerprint density at radius 3 is 2.94 bits per heavy atom. The second-order valence-electron chi connectivity index (χ2n) is 8.26. The number of aliphatic hydroxyl groups is 1. The number of aliphatic hydroxyl groups excluding tert-OH is 1. The molecule has 1 aromatic carbocycles. The molecule has 162 valence electrons. The first kappa shape index (κ1) is 18.2. The van der Waals surface area contributed by atoms with Crippen LogP contribution in [-0.2, 0) is 13.7 Å². The van der Waals surface area contributed by atoms with Gasteiger partial charge in [-0.25, -0.2) is 4.98 Å². The first-order valence-corrected chi connectivity index (χ1v) is 10.6. The molecule has 2 aliphatic heterocycles. The molecule has 4 N–H and O–H groups in total. The number of anilines is 1. The van der Waals surface area contributed by atoms with Gasteiger partial charge in [-0.15, -0.1) is 0 Å². The molecule has 1 unspecified atom stereocenters. The monoisotopic (exact) mass is 437 g/mol. The predicted octanol–water partition coefficient (Wildman–Crippen LogP) is 3.55. The molecule has 0 spiro atoms. The van der Waals surface area contributed by atoms with Crippen LogP contribution in [0.5, 0.6) is 0 Å². The summed E-state index contributed by atoms with van der Waals surface area (Å²) in [7, 11) is 1.83. The molecular formula is C24H19N7O2. The summed E-state index contributed by atoms with van der Waals surface area (Å²) in [6, 6.07) is 12.2. The molecule has 0 saturated carbocycles. The van der Waals surface area contributed by atoms with Gasteiger partial charge in [-0.3, -0.25) is 9.78 Å². The van der Waals surface area contributed by atoms with Gasteiger partial charge in [0, 0.05) is 35.6 Å². The average molecular weight is 437 g/mol. The number of aromatic nitrogens is 5. The first-order chi connectivity index (χ1) is 16.2. The molecule has 0 aliphatic carbocycles. The molecule has 1 saturated heterocycles. The lowest BCUT2D eigenvalue weighted by atomic mass is 9.94. The van der Waals surface area contributed by atoms with E-state index in [0.717, 1.165) is 56.2 Å². The third kappa shape index (κ3) is 2.66. The summed E-state index contributed by atoms with van der Waals surface area (Å²) < 4.78 is 6.99. The van der Waals surface area contributed by atoms with Gasteiger partial charge < -0.3 is 20.2 Å². The Balaban J connectivity index is 1.34. The maximum Gasteiger partial charge on any atom is 0.136 e. The third-order valence-electron chi connectivity index (χ3n) is 6.24. The minimum Gasteiger partial charge on any atom is -0.472 e. The number of aryl methyl sites for hydroxylation is 1. The van der Waals surface area contributed by atoms with Crippen molar-refractivity contribution >= 4 is 22.4 Å². The Kier molecular flexibility index (Phi) is 3.63. The average Bonchev–Trinajstić information content (AvgIpc) is 3.17. The summed E-state index contributed by atoms with van der Waals surface area (Å²) in [4.78, 5) is 4.90. The van der Waals surface area contributed by atoms with Gasteiger partial charge in [0.25, 0.3) is 0 Å². The Labute approximate surface area is 187 Å². The van der Waals surface area contributed by atoms with Crippen LogP contribution in [0, 0.1) is 0 Å². The smallest absolute Gasteiger partial charge is 0.136 e. The van der Waals surface area contributed by atoms with E-state index in [2.05, 4.69) is 38.1 Å². The van der Waals surface area contributed by atoms with Gasteiger partial charge in [-0.2, -0.15) is 10.2 Å². The number of fused-ring (bicyclic) bond motifs is 4. The van der Waals surface area contributed by atoms with Gasteiger partial charge in [-0.1, -0.05) is 12.1 Å². The quantitative estimate of drug-likeness (QED) is 0.317. The zero-order valence-corrected chi connectivity index (χ0v) is 17.6. The van der Waals surface area contributed by atoms with E-state index in [1.54, 1.807) is 17.2 Å². The van der Waals surface area contributed by atoms with E-state index in [0.29, 0.717) is 5.69 Å². The Bertz CT molecular complexity index is 1580. The number of nitrogens with zero attached hydrogens (tertiary/aromatic N) is 4. The fourth-order valence-electron chi connectivity index (χ4n) is 4.68. The predicted molar refractivity (Wildman–Crippen MR) is 123 cm³/mol. The normalized spacial score (nSPS) is 16.4. The van der Waals surface area contributed by atoms with Crippen molar-refractivity contribution in [3.63, 3.8) is 0 Å². The van der Waals surface area contributed by atoms with Crippen molar-refractivity contribution in [3.8, 4) is 22.4 Å². The van der Waals surface area contributed by atoms with Gasteiger partial charge in [0.05, 0.1) is 53.5 Å². The number of pyridine rings is 1. The molecule has 1 fully saturated rings. The number of H-pyrrole nitrogens is 1. The topological polar surface area (TPSA) is 127 Å². The van der Waals surface area contributed by atoms with Crippen molar-refractivity contribution < 1.29 is 9.52 Å². The van der Waals surface area contributed by atoms with Crippen molar-refractivity contribution in [2.45, 2.75) is 12.6 Å². The molecule has 5 aromatic rings. The standard InChI is InChI=1S/C24H19N7O2/c1-31-9-14(18(10-32)30-31)15-5-6-17-20(25-15)24(29-28-17)23-22-21(27-22)19-13(12-7-8-33-11-12)3-2-4-16(19)26-23/h2-9,11,21,26-27,32H,10H2,1H3,(H,28,29). The first-order valence-electron chi connectivity index (χ1n) is 10.6. The second-order valence-corrected chi connectivity index (χ2v) is 8.26. The van der Waals surface area contributed by atoms with Gasteiger partial charge in [-0.05, 0) is 29.8 Å². The highest BCUT2D eigenvalue weighted by molar-refractivity contribution is 5.97. The maximum absolute atomic E-state index is 9.70. The van der Waals surface area contributed by atoms with Crippen LogP contribution in [-0.4, -0.2) is 30.1 Å². The summed E-state index contributed by atoms with van der Waals surface area (Å²) in [5, 5.41) is 28.8. The van der Waals surface area contributed by atoms with Crippen LogP contribution in [0.2, 0.25) is 0 Å². The number of rotatable bonds is 4. The fourth-order valence-corrected chi connectivity index (χ4v) is 4.68. The second kappa shape index (κ2) is 6.57. The van der Waals surface area contributed by atoms with Crippen molar-refractivity contribution in [3.05, 3.63) is 77.8 Å². The third-order valence-corrected chi connectivity index (χ3v) is 6.24. The van der Waals surface area contributed by atoms with Crippen LogP contribution in [0.3, 0.4) is 0 Å². The van der Waals surface area contributed by atoms with Gasteiger partial charge >= 0.3 is 0 Å². The summed E-state index contributed by atoms with van der Waals surface area (Å²) in [5.74, 6) is 0. The minimum absolute atomic E-state index is 0.122. The summed E-state index contributed by atoms with van der Waals surface area (Å²) in [6.45, 7) is -0.146. The van der Waals surface area contributed by atoms with Crippen LogP contribution in [0.15, 0.2) is 65.2 Å². The highest BCUT2D eigenvalue weighted by Gasteiger charge is 2.42. The summed E-state index contributed by atoms with van der Waals surface area (Å²) in [5.41, 5.74) is 10.9. The van der Waals surface area contributed by atoms with E-state index in [4.69, 9.17) is 9.40 Å². The molecule has 0 radical (unpaired) electrons. The van der Waals surface area contributed by atoms with Crippen LogP contribution in [0.1, 0.15) is 23.0 Å². The van der Waals surface area contributed by atoms with Crippen molar-refractivity contribution in [2.24, 2.45) is 7.05 Å². The van der Waals surface area contributed by atoms with Crippen LogP contribution >= 0.6 is 0 Å². The molecule has 7 rings (SSSR count). The van der Waals surface area contributed by atoms with Crippen molar-refractivity contribution in [1.82, 2.24) is 30.3 Å². The molecule has 33 heavy (non-hydrogen) atoms. The van der Waals surface area contributed by atoms with Crippen LogP contribution < -0.4 is 10.6 Å². The zero-order chi connectivity index (χ0) is 22.1.